The molecule has 3 N–H and O–H groups in total. The molecule has 0 aliphatic heterocycles. The first kappa shape index (κ1) is 85.1. The summed E-state index contributed by atoms with van der Waals surface area (Å²) in [6.45, 7) is 4.97. The summed E-state index contributed by atoms with van der Waals surface area (Å²) in [5.74, 6) is -0.0229. The minimum atomic E-state index is -0.665. The van der Waals surface area contributed by atoms with E-state index in [1.807, 2.05) is 0 Å². The fraction of sp³-hybridized carbons (Fsp3) is 0.901. The highest BCUT2D eigenvalue weighted by Gasteiger charge is 2.20. The van der Waals surface area contributed by atoms with Crippen LogP contribution in [0, 0.1) is 0 Å². The maximum absolute atomic E-state index is 12.6. The van der Waals surface area contributed by atoms with Crippen molar-refractivity contribution in [2.45, 2.75) is 456 Å². The zero-order valence-electron chi connectivity index (χ0n) is 59.0. The van der Waals surface area contributed by atoms with Gasteiger partial charge in [0.15, 0.2) is 0 Å². The number of ether oxygens (including phenoxy) is 1. The number of carbonyl (C=O) groups excluding carboxylic acids is 2. The Morgan fingerprint density at radius 2 is 0.575 bits per heavy atom. The second kappa shape index (κ2) is 76.5. The molecule has 0 aromatic carbocycles. The molecule has 0 spiro atoms. The summed E-state index contributed by atoms with van der Waals surface area (Å²) in [5.41, 5.74) is 0. The first-order valence-electron chi connectivity index (χ1n) is 39.7. The molecule has 6 heteroatoms. The Morgan fingerprint density at radius 1 is 0.322 bits per heavy atom. The van der Waals surface area contributed by atoms with Crippen LogP contribution in [0.5, 0.6) is 0 Å². The molecular weight excluding hydrogens is 1070 g/mol. The zero-order chi connectivity index (χ0) is 62.8. The molecular formula is C81H155NO5. The molecule has 0 fully saturated rings. The molecule has 514 valence electrons. The van der Waals surface area contributed by atoms with Crippen LogP contribution in [-0.4, -0.2) is 47.4 Å². The number of esters is 1. The van der Waals surface area contributed by atoms with E-state index in [1.54, 1.807) is 0 Å². The molecule has 0 saturated carbocycles. The molecule has 2 atom stereocenters. The lowest BCUT2D eigenvalue weighted by Gasteiger charge is -2.22. The molecule has 6 nitrogen and oxygen atoms in total. The quantitative estimate of drug-likeness (QED) is 0.0320. The third-order valence-electron chi connectivity index (χ3n) is 18.7. The second-order valence-corrected chi connectivity index (χ2v) is 27.4. The van der Waals surface area contributed by atoms with Gasteiger partial charge in [-0.3, -0.25) is 9.59 Å². The van der Waals surface area contributed by atoms with Gasteiger partial charge in [-0.2, -0.15) is 0 Å². The first-order chi connectivity index (χ1) is 43.0. The number of allylic oxidation sites excluding steroid dienone is 6. The molecule has 0 bridgehead atoms. The van der Waals surface area contributed by atoms with Crippen LogP contribution in [0.1, 0.15) is 444 Å². The highest BCUT2D eigenvalue weighted by atomic mass is 16.5. The molecule has 0 aliphatic carbocycles. The predicted octanol–water partition coefficient (Wildman–Crippen LogP) is 26.2. The minimum Gasteiger partial charge on any atom is -0.466 e. The highest BCUT2D eigenvalue weighted by Crippen LogP contribution is 2.20. The van der Waals surface area contributed by atoms with Crippen molar-refractivity contribution in [3.8, 4) is 0 Å². The summed E-state index contributed by atoms with van der Waals surface area (Å²) in [6, 6.07) is -0.542. The third kappa shape index (κ3) is 73.0. The topological polar surface area (TPSA) is 95.9 Å². The van der Waals surface area contributed by atoms with Crippen LogP contribution in [0.4, 0.5) is 0 Å². The van der Waals surface area contributed by atoms with Gasteiger partial charge in [-0.05, 0) is 83.5 Å². The maximum atomic E-state index is 12.6. The van der Waals surface area contributed by atoms with Crippen molar-refractivity contribution in [2.24, 2.45) is 0 Å². The standard InChI is InChI=1S/C81H155NO5/c1-3-5-7-9-11-13-15-17-18-19-20-21-22-32-35-38-41-44-47-50-53-57-61-65-69-73-79(84)78(77-83)82-80(85)74-70-66-62-58-54-51-48-45-42-39-36-33-30-28-26-24-23-25-27-29-31-34-37-40-43-46-49-52-56-60-64-68-72-76-87-81(86)75-71-67-63-59-55-16-14-12-10-8-6-4-2/h12,14,27,29,34,37,78-79,83-84H,3-11,13,15-26,28,30-33,35-36,38-77H2,1-2H3,(H,82,85)/b14-12-,29-27-,37-34-. The number of amides is 1. The van der Waals surface area contributed by atoms with E-state index in [4.69, 9.17) is 4.74 Å². The number of rotatable bonds is 75. The number of aliphatic hydroxyl groups is 2. The number of hydrogen-bond acceptors (Lipinski definition) is 5. The summed E-state index contributed by atoms with van der Waals surface area (Å²) in [6.07, 6.45) is 99.5. The first-order valence-corrected chi connectivity index (χ1v) is 39.7. The fourth-order valence-electron chi connectivity index (χ4n) is 12.6. The predicted molar refractivity (Wildman–Crippen MR) is 384 cm³/mol. The van der Waals surface area contributed by atoms with Gasteiger partial charge in [0.1, 0.15) is 0 Å². The zero-order valence-corrected chi connectivity index (χ0v) is 59.0. The third-order valence-corrected chi connectivity index (χ3v) is 18.7. The number of nitrogens with one attached hydrogen (secondary N) is 1. The SMILES string of the molecule is CCCCC/C=C\CCCCCCCC(=O)OCCCCCCCCCCC/C=C\C/C=C\CCCCCCCCCCCCCCCCCCCC(=O)NC(CO)C(O)CCCCCCCCCCCCCCCCCCCCCCCCCCC. The maximum Gasteiger partial charge on any atom is 0.305 e. The molecule has 0 aliphatic rings. The van der Waals surface area contributed by atoms with Crippen LogP contribution in [-0.2, 0) is 14.3 Å². The van der Waals surface area contributed by atoms with Crippen LogP contribution in [0.25, 0.3) is 0 Å². The molecule has 87 heavy (non-hydrogen) atoms. The molecule has 0 heterocycles. The monoisotopic (exact) mass is 1220 g/mol. The van der Waals surface area contributed by atoms with E-state index in [0.717, 1.165) is 51.4 Å². The Hall–Kier alpha value is -1.92. The van der Waals surface area contributed by atoms with E-state index in [-0.39, 0.29) is 18.5 Å². The van der Waals surface area contributed by atoms with Gasteiger partial charge in [-0.1, -0.05) is 384 Å². The Bertz CT molecular complexity index is 1410. The van der Waals surface area contributed by atoms with E-state index in [9.17, 15) is 19.8 Å². The number of carbonyl (C=O) groups is 2. The number of unbranched alkanes of at least 4 members (excludes halogenated alkanes) is 58. The normalized spacial score (nSPS) is 12.6. The molecule has 0 saturated heterocycles. The largest absolute Gasteiger partial charge is 0.466 e. The lowest BCUT2D eigenvalue weighted by Crippen LogP contribution is -2.45. The van der Waals surface area contributed by atoms with Gasteiger partial charge >= 0.3 is 5.97 Å². The van der Waals surface area contributed by atoms with Crippen LogP contribution >= 0.6 is 0 Å². The Balaban J connectivity index is 3.38. The van der Waals surface area contributed by atoms with E-state index in [0.29, 0.717) is 25.9 Å². The van der Waals surface area contributed by atoms with Crippen LogP contribution in [0.3, 0.4) is 0 Å². The van der Waals surface area contributed by atoms with Gasteiger partial charge in [0, 0.05) is 12.8 Å². The molecule has 2 unspecified atom stereocenters. The summed E-state index contributed by atoms with van der Waals surface area (Å²) in [4.78, 5) is 24.6. The van der Waals surface area contributed by atoms with E-state index < -0.39 is 12.1 Å². The van der Waals surface area contributed by atoms with E-state index >= 15 is 0 Å². The molecule has 1 amide bonds. The van der Waals surface area contributed by atoms with E-state index in [2.05, 4.69) is 55.6 Å². The van der Waals surface area contributed by atoms with Crippen molar-refractivity contribution in [2.75, 3.05) is 13.2 Å². The van der Waals surface area contributed by atoms with Crippen LogP contribution in [0.15, 0.2) is 36.5 Å². The summed E-state index contributed by atoms with van der Waals surface area (Å²) in [5, 5.41) is 23.5. The average molecular weight is 1220 g/mol. The van der Waals surface area contributed by atoms with Gasteiger partial charge in [0.05, 0.1) is 25.4 Å². The van der Waals surface area contributed by atoms with Crippen LogP contribution < -0.4 is 5.32 Å². The van der Waals surface area contributed by atoms with Crippen molar-refractivity contribution < 1.29 is 24.5 Å². The van der Waals surface area contributed by atoms with Crippen molar-refractivity contribution in [3.63, 3.8) is 0 Å². The molecule has 0 rings (SSSR count). The van der Waals surface area contributed by atoms with Crippen molar-refractivity contribution in [3.05, 3.63) is 36.5 Å². The highest BCUT2D eigenvalue weighted by molar-refractivity contribution is 5.76. The summed E-state index contributed by atoms with van der Waals surface area (Å²) < 4.78 is 5.47. The minimum absolute atomic E-state index is 0.00469. The number of hydrogen-bond donors (Lipinski definition) is 3. The van der Waals surface area contributed by atoms with Gasteiger partial charge in [0.2, 0.25) is 5.91 Å². The Labute approximate surface area is 544 Å². The van der Waals surface area contributed by atoms with Crippen LogP contribution in [0.2, 0.25) is 0 Å². The molecule has 0 aromatic rings. The Morgan fingerprint density at radius 3 is 0.908 bits per heavy atom. The summed E-state index contributed by atoms with van der Waals surface area (Å²) >= 11 is 0. The molecule has 0 aromatic heterocycles. The van der Waals surface area contributed by atoms with Gasteiger partial charge < -0.3 is 20.3 Å². The molecule has 0 radical (unpaired) electrons. The van der Waals surface area contributed by atoms with Gasteiger partial charge in [-0.25, -0.2) is 0 Å². The van der Waals surface area contributed by atoms with Gasteiger partial charge in [-0.15, -0.1) is 0 Å². The summed E-state index contributed by atoms with van der Waals surface area (Å²) in [7, 11) is 0. The Kier molecular flexibility index (Phi) is 74.8. The number of aliphatic hydroxyl groups excluding tert-OH is 2. The van der Waals surface area contributed by atoms with Crippen molar-refractivity contribution in [1.29, 1.82) is 0 Å². The lowest BCUT2D eigenvalue weighted by molar-refractivity contribution is -0.143. The van der Waals surface area contributed by atoms with Gasteiger partial charge in [0.25, 0.3) is 0 Å². The lowest BCUT2D eigenvalue weighted by atomic mass is 10.0. The van der Waals surface area contributed by atoms with Crippen molar-refractivity contribution in [1.82, 2.24) is 5.32 Å². The smallest absolute Gasteiger partial charge is 0.305 e. The van der Waals surface area contributed by atoms with Crippen molar-refractivity contribution >= 4 is 11.9 Å². The second-order valence-electron chi connectivity index (χ2n) is 27.4. The fourth-order valence-corrected chi connectivity index (χ4v) is 12.6. The van der Waals surface area contributed by atoms with E-state index in [1.165, 1.54) is 360 Å². The average Bonchev–Trinajstić information content (AvgIpc) is 3.52.